The topological polar surface area (TPSA) is 54.3 Å². The molecule has 0 aliphatic carbocycles. The van der Waals surface area contributed by atoms with Crippen LogP contribution in [0.1, 0.15) is 27.8 Å². The molecule has 1 aromatic heterocycles. The highest BCUT2D eigenvalue weighted by Crippen LogP contribution is 2.30. The number of para-hydroxylation sites is 1. The minimum absolute atomic E-state index is 0.0926. The van der Waals surface area contributed by atoms with Gasteiger partial charge < -0.3 is 15.1 Å². The summed E-state index contributed by atoms with van der Waals surface area (Å²) in [5.74, 6) is 0.578. The van der Waals surface area contributed by atoms with Gasteiger partial charge in [-0.1, -0.05) is 12.1 Å². The number of benzene rings is 1. The minimum atomic E-state index is -0.336. The van der Waals surface area contributed by atoms with E-state index in [9.17, 15) is 4.79 Å². The molecule has 2 N–H and O–H groups in total. The van der Waals surface area contributed by atoms with Crippen LogP contribution in [0.3, 0.4) is 0 Å². The van der Waals surface area contributed by atoms with Crippen LogP contribution in [0, 0.1) is 6.92 Å². The summed E-state index contributed by atoms with van der Waals surface area (Å²) in [7, 11) is 0. The van der Waals surface area contributed by atoms with E-state index in [-0.39, 0.29) is 12.1 Å². The van der Waals surface area contributed by atoms with Crippen molar-refractivity contribution in [2.45, 2.75) is 13.1 Å². The number of halogens is 1. The third-order valence-electron chi connectivity index (χ3n) is 2.95. The van der Waals surface area contributed by atoms with Gasteiger partial charge >= 0.3 is 0 Å². The number of hydrogen-bond donors (Lipinski definition) is 2. The van der Waals surface area contributed by atoms with Gasteiger partial charge in [-0.3, -0.25) is 4.79 Å². The van der Waals surface area contributed by atoms with Gasteiger partial charge in [0.05, 0.1) is 15.7 Å². The number of amides is 1. The normalized spacial score (nSPS) is 17.9. The fraction of sp³-hybridized carbons (Fsp3) is 0.154. The zero-order chi connectivity index (χ0) is 12.7. The Bertz CT molecular complexity index is 621. The Morgan fingerprint density at radius 2 is 2.17 bits per heavy atom. The molecular formula is C13H11BrN2O2. The Hall–Kier alpha value is -1.75. The van der Waals surface area contributed by atoms with Crippen molar-refractivity contribution in [2.24, 2.45) is 0 Å². The summed E-state index contributed by atoms with van der Waals surface area (Å²) < 4.78 is 6.23. The fourth-order valence-corrected chi connectivity index (χ4v) is 2.38. The van der Waals surface area contributed by atoms with Crippen molar-refractivity contribution in [1.82, 2.24) is 5.32 Å². The van der Waals surface area contributed by atoms with Crippen molar-refractivity contribution >= 4 is 27.5 Å². The Balaban J connectivity index is 2.01. The van der Waals surface area contributed by atoms with Gasteiger partial charge in [0.2, 0.25) is 0 Å². The van der Waals surface area contributed by atoms with Crippen LogP contribution in [0.25, 0.3) is 0 Å². The average molecular weight is 307 g/mol. The molecule has 1 aromatic carbocycles. The van der Waals surface area contributed by atoms with Crippen LogP contribution >= 0.6 is 15.9 Å². The van der Waals surface area contributed by atoms with E-state index in [1.54, 1.807) is 12.3 Å². The lowest BCUT2D eigenvalue weighted by Crippen LogP contribution is -2.38. The molecule has 0 radical (unpaired) electrons. The molecule has 4 nitrogen and oxygen atoms in total. The molecule has 0 unspecified atom stereocenters. The average Bonchev–Trinajstić information content (AvgIpc) is 2.77. The molecule has 2 aromatic rings. The van der Waals surface area contributed by atoms with E-state index in [2.05, 4.69) is 26.6 Å². The first-order valence-corrected chi connectivity index (χ1v) is 6.35. The van der Waals surface area contributed by atoms with Gasteiger partial charge in [0, 0.05) is 0 Å². The second-order valence-corrected chi connectivity index (χ2v) is 5.13. The van der Waals surface area contributed by atoms with Crippen LogP contribution in [-0.2, 0) is 0 Å². The Morgan fingerprint density at radius 1 is 1.33 bits per heavy atom. The highest BCUT2D eigenvalue weighted by atomic mass is 79.9. The fourth-order valence-electron chi connectivity index (χ4n) is 2.06. The van der Waals surface area contributed by atoms with Gasteiger partial charge in [0.1, 0.15) is 12.0 Å². The van der Waals surface area contributed by atoms with Crippen molar-refractivity contribution in [3.05, 3.63) is 51.9 Å². The molecule has 3 rings (SSSR count). The zero-order valence-electron chi connectivity index (χ0n) is 9.66. The highest BCUT2D eigenvalue weighted by Gasteiger charge is 2.27. The summed E-state index contributed by atoms with van der Waals surface area (Å²) >= 11 is 3.33. The van der Waals surface area contributed by atoms with Crippen molar-refractivity contribution in [3.63, 3.8) is 0 Å². The number of carbonyl (C=O) groups is 1. The second kappa shape index (κ2) is 4.17. The number of carbonyl (C=O) groups excluding carboxylic acids is 1. The molecule has 1 aliphatic heterocycles. The third-order valence-corrected chi connectivity index (χ3v) is 3.37. The largest absolute Gasteiger partial charge is 0.464 e. The molecule has 92 valence electrons. The van der Waals surface area contributed by atoms with E-state index in [1.807, 2.05) is 25.1 Å². The molecule has 5 heteroatoms. The van der Waals surface area contributed by atoms with E-state index in [0.717, 1.165) is 15.7 Å². The molecule has 18 heavy (non-hydrogen) atoms. The van der Waals surface area contributed by atoms with E-state index in [4.69, 9.17) is 4.42 Å². The highest BCUT2D eigenvalue weighted by molar-refractivity contribution is 9.10. The maximum atomic E-state index is 12.0. The number of fused-ring (bicyclic) bond motifs is 1. The Kier molecular flexibility index (Phi) is 2.63. The number of hydrogen-bond acceptors (Lipinski definition) is 3. The summed E-state index contributed by atoms with van der Waals surface area (Å²) in [6.45, 7) is 1.97. The standard InChI is InChI=1S/C13H11BrN2O2/c1-7-3-2-4-9-11(7)15-12(16-13(9)17)10-5-8(14)6-18-10/h2-6,12,15H,1H3,(H,16,17)/t12-/m0/s1. The first-order valence-electron chi connectivity index (χ1n) is 5.56. The van der Waals surface area contributed by atoms with Crippen LogP contribution in [-0.4, -0.2) is 5.91 Å². The van der Waals surface area contributed by atoms with E-state index in [0.29, 0.717) is 11.3 Å². The third kappa shape index (κ3) is 1.80. The SMILES string of the molecule is Cc1cccc2c1N[C@H](c1cc(Br)co1)NC2=O. The molecule has 0 saturated heterocycles. The van der Waals surface area contributed by atoms with Gasteiger partial charge in [-0.2, -0.15) is 0 Å². The Morgan fingerprint density at radius 3 is 2.89 bits per heavy atom. The van der Waals surface area contributed by atoms with Gasteiger partial charge in [-0.25, -0.2) is 0 Å². The van der Waals surface area contributed by atoms with Crippen LogP contribution in [0.5, 0.6) is 0 Å². The first kappa shape index (κ1) is 11.3. The number of nitrogens with one attached hydrogen (secondary N) is 2. The van der Waals surface area contributed by atoms with Crippen LogP contribution in [0.15, 0.2) is 39.4 Å². The van der Waals surface area contributed by atoms with Gasteiger partial charge in [0.25, 0.3) is 5.91 Å². The van der Waals surface area contributed by atoms with Crippen LogP contribution < -0.4 is 10.6 Å². The molecule has 2 heterocycles. The summed E-state index contributed by atoms with van der Waals surface area (Å²) in [5.41, 5.74) is 2.56. The predicted octanol–water partition coefficient (Wildman–Crippen LogP) is 3.20. The number of aryl methyl sites for hydroxylation is 1. The molecule has 1 amide bonds. The molecule has 0 bridgehead atoms. The van der Waals surface area contributed by atoms with Gasteiger partial charge in [-0.15, -0.1) is 0 Å². The van der Waals surface area contributed by atoms with Crippen molar-refractivity contribution < 1.29 is 9.21 Å². The zero-order valence-corrected chi connectivity index (χ0v) is 11.2. The first-order chi connectivity index (χ1) is 8.65. The summed E-state index contributed by atoms with van der Waals surface area (Å²) in [5, 5.41) is 6.14. The van der Waals surface area contributed by atoms with Crippen LogP contribution in [0.4, 0.5) is 5.69 Å². The monoisotopic (exact) mass is 306 g/mol. The van der Waals surface area contributed by atoms with Gasteiger partial charge in [0.15, 0.2) is 6.17 Å². The lowest BCUT2D eigenvalue weighted by atomic mass is 10.0. The lowest BCUT2D eigenvalue weighted by molar-refractivity contribution is 0.0931. The van der Waals surface area contributed by atoms with Crippen molar-refractivity contribution in [3.8, 4) is 0 Å². The lowest BCUT2D eigenvalue weighted by Gasteiger charge is -2.27. The maximum Gasteiger partial charge on any atom is 0.255 e. The molecule has 0 spiro atoms. The summed E-state index contributed by atoms with van der Waals surface area (Å²) in [4.78, 5) is 12.0. The molecule has 0 saturated carbocycles. The van der Waals surface area contributed by atoms with Crippen LogP contribution in [0.2, 0.25) is 0 Å². The number of rotatable bonds is 1. The second-order valence-electron chi connectivity index (χ2n) is 4.22. The minimum Gasteiger partial charge on any atom is -0.464 e. The van der Waals surface area contributed by atoms with E-state index in [1.165, 1.54) is 0 Å². The van der Waals surface area contributed by atoms with Crippen molar-refractivity contribution in [2.75, 3.05) is 5.32 Å². The maximum absolute atomic E-state index is 12.0. The molecule has 0 fully saturated rings. The number of anilines is 1. The quantitative estimate of drug-likeness (QED) is 0.850. The smallest absolute Gasteiger partial charge is 0.255 e. The number of furan rings is 1. The Labute approximate surface area is 113 Å². The van der Waals surface area contributed by atoms with Crippen molar-refractivity contribution in [1.29, 1.82) is 0 Å². The van der Waals surface area contributed by atoms with Gasteiger partial charge in [-0.05, 0) is 40.5 Å². The molecular weight excluding hydrogens is 296 g/mol. The summed E-state index contributed by atoms with van der Waals surface area (Å²) in [6.07, 6.45) is 1.26. The van der Waals surface area contributed by atoms with E-state index >= 15 is 0 Å². The molecule has 1 atom stereocenters. The predicted molar refractivity (Wildman–Crippen MR) is 71.4 cm³/mol. The summed E-state index contributed by atoms with van der Waals surface area (Å²) in [6, 6.07) is 7.49. The van der Waals surface area contributed by atoms with E-state index < -0.39 is 0 Å². The molecule has 1 aliphatic rings.